The third-order valence-electron chi connectivity index (χ3n) is 4.00. The van der Waals surface area contributed by atoms with Gasteiger partial charge in [0.2, 0.25) is 0 Å². The summed E-state index contributed by atoms with van der Waals surface area (Å²) in [6.45, 7) is 1.37. The average Bonchev–Trinajstić information content (AvgIpc) is 2.57. The molecule has 0 heterocycles. The van der Waals surface area contributed by atoms with E-state index in [1.54, 1.807) is 6.07 Å². The lowest BCUT2D eigenvalue weighted by molar-refractivity contribution is -0.127. The van der Waals surface area contributed by atoms with Crippen LogP contribution in [0.4, 0.5) is 4.79 Å². The molecule has 136 valence electrons. The van der Waals surface area contributed by atoms with Gasteiger partial charge >= 0.3 is 12.0 Å². The maximum Gasteiger partial charge on any atom is 0.340 e. The summed E-state index contributed by atoms with van der Waals surface area (Å²) in [5.74, 6) is -1.50. The van der Waals surface area contributed by atoms with Crippen molar-refractivity contribution in [2.24, 2.45) is 0 Å². The summed E-state index contributed by atoms with van der Waals surface area (Å²) in [4.78, 5) is 36.0. The van der Waals surface area contributed by atoms with E-state index < -0.39 is 24.0 Å². The maximum atomic E-state index is 12.1. The van der Waals surface area contributed by atoms with E-state index in [1.165, 1.54) is 19.1 Å². The summed E-state index contributed by atoms with van der Waals surface area (Å²) in [5.41, 5.74) is 0.0560. The molecular weight excluding hydrogens is 367 g/mol. The molecule has 3 amide bonds. The second kappa shape index (κ2) is 9.06. The number of benzene rings is 1. The zero-order valence-electron chi connectivity index (χ0n) is 13.8. The normalized spacial score (nSPS) is 16.0. The zero-order chi connectivity index (χ0) is 18.4. The molecule has 2 N–H and O–H groups in total. The molecular formula is C17H20Cl2N2O4. The van der Waals surface area contributed by atoms with Gasteiger partial charge in [0.25, 0.3) is 5.91 Å². The SMILES string of the molecule is C[C@@H](OC(=O)c1cccc(Cl)c1Cl)C(=O)NC(=O)NC1CCCCC1. The zero-order valence-corrected chi connectivity index (χ0v) is 15.3. The van der Waals surface area contributed by atoms with Crippen LogP contribution in [-0.4, -0.2) is 30.1 Å². The van der Waals surface area contributed by atoms with Gasteiger partial charge in [0.1, 0.15) is 0 Å². The van der Waals surface area contributed by atoms with Crippen molar-refractivity contribution in [2.45, 2.75) is 51.2 Å². The lowest BCUT2D eigenvalue weighted by atomic mass is 9.96. The molecule has 25 heavy (non-hydrogen) atoms. The molecule has 0 saturated heterocycles. The fraction of sp³-hybridized carbons (Fsp3) is 0.471. The minimum atomic E-state index is -1.15. The molecule has 1 saturated carbocycles. The Kier molecular flexibility index (Phi) is 7.08. The highest BCUT2D eigenvalue weighted by molar-refractivity contribution is 6.43. The summed E-state index contributed by atoms with van der Waals surface area (Å²) >= 11 is 11.8. The molecule has 6 nitrogen and oxygen atoms in total. The van der Waals surface area contributed by atoms with Crippen LogP contribution in [0, 0.1) is 0 Å². The number of amides is 3. The number of carbonyl (C=O) groups excluding carboxylic acids is 3. The van der Waals surface area contributed by atoms with Crippen molar-refractivity contribution in [1.82, 2.24) is 10.6 Å². The van der Waals surface area contributed by atoms with Gasteiger partial charge in [-0.3, -0.25) is 10.1 Å². The molecule has 1 atom stereocenters. The summed E-state index contributed by atoms with van der Waals surface area (Å²) in [7, 11) is 0. The van der Waals surface area contributed by atoms with Gasteiger partial charge in [-0.1, -0.05) is 48.5 Å². The number of nitrogens with one attached hydrogen (secondary N) is 2. The van der Waals surface area contributed by atoms with Crippen LogP contribution in [0.25, 0.3) is 0 Å². The first-order valence-electron chi connectivity index (χ1n) is 8.15. The van der Waals surface area contributed by atoms with E-state index in [1.807, 2.05) is 0 Å². The van der Waals surface area contributed by atoms with Gasteiger partial charge in [-0.15, -0.1) is 0 Å². The van der Waals surface area contributed by atoms with Crippen molar-refractivity contribution in [3.63, 3.8) is 0 Å². The molecule has 0 radical (unpaired) electrons. The molecule has 1 aromatic carbocycles. The van der Waals surface area contributed by atoms with Crippen LogP contribution in [0.3, 0.4) is 0 Å². The number of hydrogen-bond donors (Lipinski definition) is 2. The van der Waals surface area contributed by atoms with E-state index in [2.05, 4.69) is 10.6 Å². The highest BCUT2D eigenvalue weighted by atomic mass is 35.5. The molecule has 1 aromatic rings. The Labute approximate surface area is 156 Å². The minimum absolute atomic E-state index is 0.0526. The van der Waals surface area contributed by atoms with E-state index in [4.69, 9.17) is 27.9 Å². The van der Waals surface area contributed by atoms with Gasteiger partial charge in [0, 0.05) is 6.04 Å². The largest absolute Gasteiger partial charge is 0.449 e. The van der Waals surface area contributed by atoms with E-state index in [-0.39, 0.29) is 21.7 Å². The quantitative estimate of drug-likeness (QED) is 0.772. The van der Waals surface area contributed by atoms with Crippen molar-refractivity contribution in [3.05, 3.63) is 33.8 Å². The van der Waals surface area contributed by atoms with Gasteiger partial charge in [0.15, 0.2) is 6.10 Å². The number of rotatable bonds is 4. The Morgan fingerprint density at radius 2 is 1.84 bits per heavy atom. The van der Waals surface area contributed by atoms with Crippen LogP contribution in [-0.2, 0) is 9.53 Å². The monoisotopic (exact) mass is 386 g/mol. The molecule has 1 aliphatic rings. The van der Waals surface area contributed by atoms with Gasteiger partial charge in [-0.2, -0.15) is 0 Å². The van der Waals surface area contributed by atoms with Crippen LogP contribution >= 0.6 is 23.2 Å². The predicted octanol–water partition coefficient (Wildman–Crippen LogP) is 3.70. The van der Waals surface area contributed by atoms with Crippen LogP contribution in [0.5, 0.6) is 0 Å². The molecule has 0 aromatic heterocycles. The second-order valence-electron chi connectivity index (χ2n) is 5.95. The van der Waals surface area contributed by atoms with Crippen molar-refractivity contribution >= 4 is 41.1 Å². The summed E-state index contributed by atoms with van der Waals surface area (Å²) in [6.07, 6.45) is 3.94. The van der Waals surface area contributed by atoms with Crippen LogP contribution in [0.15, 0.2) is 18.2 Å². The number of hydrogen-bond acceptors (Lipinski definition) is 4. The number of urea groups is 1. The third-order valence-corrected chi connectivity index (χ3v) is 4.82. The topological polar surface area (TPSA) is 84.5 Å². The smallest absolute Gasteiger partial charge is 0.340 e. The first-order chi connectivity index (χ1) is 11.9. The summed E-state index contributed by atoms with van der Waals surface area (Å²) in [5, 5.41) is 5.20. The first-order valence-corrected chi connectivity index (χ1v) is 8.90. The summed E-state index contributed by atoms with van der Waals surface area (Å²) < 4.78 is 5.05. The van der Waals surface area contributed by atoms with Crippen LogP contribution in [0.2, 0.25) is 10.0 Å². The number of imide groups is 1. The molecule has 0 unspecified atom stereocenters. The molecule has 8 heteroatoms. The Morgan fingerprint density at radius 1 is 1.16 bits per heavy atom. The molecule has 2 rings (SSSR count). The molecule has 1 fully saturated rings. The Bertz CT molecular complexity index is 660. The fourth-order valence-corrected chi connectivity index (χ4v) is 3.00. The predicted molar refractivity (Wildman–Crippen MR) is 94.9 cm³/mol. The van der Waals surface area contributed by atoms with Crippen molar-refractivity contribution < 1.29 is 19.1 Å². The average molecular weight is 387 g/mol. The lowest BCUT2D eigenvalue weighted by Gasteiger charge is -2.23. The molecule has 0 spiro atoms. The highest BCUT2D eigenvalue weighted by Gasteiger charge is 2.24. The van der Waals surface area contributed by atoms with Gasteiger partial charge < -0.3 is 10.1 Å². The van der Waals surface area contributed by atoms with Crippen molar-refractivity contribution in [3.8, 4) is 0 Å². The first kappa shape index (κ1) is 19.5. The van der Waals surface area contributed by atoms with Crippen molar-refractivity contribution in [2.75, 3.05) is 0 Å². The molecule has 1 aliphatic carbocycles. The van der Waals surface area contributed by atoms with Gasteiger partial charge in [0.05, 0.1) is 15.6 Å². The van der Waals surface area contributed by atoms with Gasteiger partial charge in [-0.05, 0) is 31.9 Å². The standard InChI is InChI=1S/C17H20Cl2N2O4/c1-10(25-16(23)12-8-5-9-13(18)14(12)19)15(22)21-17(24)20-11-6-3-2-4-7-11/h5,8-11H,2-4,6-7H2,1H3,(H2,20,21,22,24)/t10-/m1/s1. The lowest BCUT2D eigenvalue weighted by Crippen LogP contribution is -2.48. The number of ether oxygens (including phenoxy) is 1. The van der Waals surface area contributed by atoms with E-state index in [0.29, 0.717) is 0 Å². The number of esters is 1. The Hall–Kier alpha value is -1.79. The molecule has 0 aliphatic heterocycles. The second-order valence-corrected chi connectivity index (χ2v) is 6.73. The van der Waals surface area contributed by atoms with E-state index in [0.717, 1.165) is 32.1 Å². The van der Waals surface area contributed by atoms with E-state index >= 15 is 0 Å². The van der Waals surface area contributed by atoms with E-state index in [9.17, 15) is 14.4 Å². The third kappa shape index (κ3) is 5.61. The van der Waals surface area contributed by atoms with Gasteiger partial charge in [-0.25, -0.2) is 9.59 Å². The van der Waals surface area contributed by atoms with Crippen LogP contribution < -0.4 is 10.6 Å². The Balaban J connectivity index is 1.85. The Morgan fingerprint density at radius 3 is 2.52 bits per heavy atom. The van der Waals surface area contributed by atoms with Crippen molar-refractivity contribution in [1.29, 1.82) is 0 Å². The minimum Gasteiger partial charge on any atom is -0.449 e. The molecule has 0 bridgehead atoms. The number of halogens is 2. The van der Waals surface area contributed by atoms with Crippen LogP contribution in [0.1, 0.15) is 49.4 Å². The number of carbonyl (C=O) groups is 3. The summed E-state index contributed by atoms with van der Waals surface area (Å²) in [6, 6.07) is 4.02. The fourth-order valence-electron chi connectivity index (χ4n) is 2.62. The maximum absolute atomic E-state index is 12.1. The highest BCUT2D eigenvalue weighted by Crippen LogP contribution is 2.26.